The Labute approximate surface area is 155 Å². The van der Waals surface area contributed by atoms with Crippen LogP contribution in [0.5, 0.6) is 0 Å². The van der Waals surface area contributed by atoms with E-state index in [1.165, 1.54) is 9.87 Å². The van der Waals surface area contributed by atoms with Crippen LogP contribution in [-0.2, 0) is 37.4 Å². The van der Waals surface area contributed by atoms with Crippen LogP contribution in [0.1, 0.15) is 36.8 Å². The summed E-state index contributed by atoms with van der Waals surface area (Å²) in [7, 11) is -6.93. The molecule has 0 saturated carbocycles. The van der Waals surface area contributed by atoms with Crippen LogP contribution in [0.4, 0.5) is 0 Å². The van der Waals surface area contributed by atoms with Crippen LogP contribution in [0, 0.1) is 0 Å². The molecular weight excluding hydrogens is 374 g/mol. The Morgan fingerprint density at radius 2 is 1.92 bits per heavy atom. The molecule has 1 aromatic rings. The van der Waals surface area contributed by atoms with Gasteiger partial charge in [-0.25, -0.2) is 16.8 Å². The van der Waals surface area contributed by atoms with E-state index >= 15 is 0 Å². The largest absolute Gasteiger partial charge is 0.377 e. The van der Waals surface area contributed by atoms with Crippen molar-refractivity contribution in [2.45, 2.75) is 55.6 Å². The van der Waals surface area contributed by atoms with Crippen LogP contribution >= 0.6 is 0 Å². The van der Waals surface area contributed by atoms with Crippen molar-refractivity contribution in [3.8, 4) is 0 Å². The second kappa shape index (κ2) is 6.89. The fourth-order valence-electron chi connectivity index (χ4n) is 4.28. The van der Waals surface area contributed by atoms with Gasteiger partial charge in [-0.15, -0.1) is 0 Å². The lowest BCUT2D eigenvalue weighted by Gasteiger charge is -2.29. The van der Waals surface area contributed by atoms with Crippen LogP contribution in [0.3, 0.4) is 0 Å². The van der Waals surface area contributed by atoms with Gasteiger partial charge in [0.2, 0.25) is 10.0 Å². The minimum Gasteiger partial charge on any atom is -0.377 e. The number of hydrogen-bond acceptors (Lipinski definition) is 5. The lowest BCUT2D eigenvalue weighted by molar-refractivity contribution is 0.0877. The molecule has 1 aromatic carbocycles. The Hall–Kier alpha value is -0.960. The molecular formula is C18H25NO5S2. The molecule has 4 rings (SSSR count). The summed E-state index contributed by atoms with van der Waals surface area (Å²) < 4.78 is 57.7. The predicted molar refractivity (Wildman–Crippen MR) is 98.4 cm³/mol. The van der Waals surface area contributed by atoms with Crippen molar-refractivity contribution in [1.82, 2.24) is 4.31 Å². The maximum absolute atomic E-state index is 13.4. The quantitative estimate of drug-likeness (QED) is 0.750. The number of benzene rings is 1. The summed E-state index contributed by atoms with van der Waals surface area (Å²) in [5, 5.41) is 0. The molecule has 1 aliphatic carbocycles. The summed E-state index contributed by atoms with van der Waals surface area (Å²) >= 11 is 0. The van der Waals surface area contributed by atoms with Crippen LogP contribution in [0.2, 0.25) is 0 Å². The highest BCUT2D eigenvalue weighted by molar-refractivity contribution is 7.92. The number of nitrogens with zero attached hydrogens (tertiary/aromatic N) is 1. The van der Waals surface area contributed by atoms with E-state index in [0.717, 1.165) is 37.7 Å². The molecule has 144 valence electrons. The summed E-state index contributed by atoms with van der Waals surface area (Å²) in [6.07, 6.45) is 4.90. The third kappa shape index (κ3) is 3.56. The highest BCUT2D eigenvalue weighted by Gasteiger charge is 2.40. The Morgan fingerprint density at radius 3 is 2.62 bits per heavy atom. The average molecular weight is 400 g/mol. The van der Waals surface area contributed by atoms with Gasteiger partial charge in [0, 0.05) is 19.2 Å². The van der Waals surface area contributed by atoms with E-state index in [0.29, 0.717) is 13.0 Å². The smallest absolute Gasteiger partial charge is 0.243 e. The van der Waals surface area contributed by atoms with E-state index in [1.54, 1.807) is 12.1 Å². The molecule has 2 heterocycles. The molecule has 0 N–H and O–H groups in total. The number of sulfone groups is 1. The molecule has 0 aromatic heterocycles. The Morgan fingerprint density at radius 1 is 1.12 bits per heavy atom. The zero-order chi connectivity index (χ0) is 18.4. The van der Waals surface area contributed by atoms with Crippen molar-refractivity contribution in [1.29, 1.82) is 0 Å². The van der Waals surface area contributed by atoms with Crippen molar-refractivity contribution in [3.63, 3.8) is 0 Å². The minimum absolute atomic E-state index is 0.0550. The molecule has 0 bridgehead atoms. The second-order valence-corrected chi connectivity index (χ2v) is 11.7. The van der Waals surface area contributed by atoms with Crippen molar-refractivity contribution in [2.75, 3.05) is 24.7 Å². The second-order valence-electron chi connectivity index (χ2n) is 7.55. The molecule has 2 aliphatic heterocycles. The fraction of sp³-hybridized carbons (Fsp3) is 0.667. The predicted octanol–water partition coefficient (Wildman–Crippen LogP) is 1.53. The monoisotopic (exact) mass is 399 g/mol. The number of rotatable bonds is 5. The summed E-state index contributed by atoms with van der Waals surface area (Å²) in [5.41, 5.74) is 2.32. The Balaban J connectivity index is 1.67. The van der Waals surface area contributed by atoms with Gasteiger partial charge in [0.25, 0.3) is 0 Å². The summed E-state index contributed by atoms with van der Waals surface area (Å²) in [4.78, 5) is 0.278. The van der Waals surface area contributed by atoms with Crippen LogP contribution < -0.4 is 0 Å². The first-order valence-electron chi connectivity index (χ1n) is 9.31. The highest BCUT2D eigenvalue weighted by Crippen LogP contribution is 2.30. The highest BCUT2D eigenvalue weighted by atomic mass is 32.2. The van der Waals surface area contributed by atoms with E-state index in [1.807, 2.05) is 6.07 Å². The molecule has 26 heavy (non-hydrogen) atoms. The molecule has 0 radical (unpaired) electrons. The molecule has 2 saturated heterocycles. The average Bonchev–Trinajstić information content (AvgIpc) is 3.32. The standard InChI is InChI=1S/C18H25NO5S2/c20-25(21)10-8-16(13-25)19(12-17-5-2-9-24-17)26(22,23)18-7-6-14-3-1-4-15(14)11-18/h6-7,11,16-17H,1-5,8-10,12-13H2. The van der Waals surface area contributed by atoms with Gasteiger partial charge in [-0.3, -0.25) is 0 Å². The van der Waals surface area contributed by atoms with Gasteiger partial charge >= 0.3 is 0 Å². The van der Waals surface area contributed by atoms with Gasteiger partial charge in [0.1, 0.15) is 0 Å². The fourth-order valence-corrected chi connectivity index (χ4v) is 7.84. The first-order chi connectivity index (χ1) is 12.4. The molecule has 3 aliphatic rings. The van der Waals surface area contributed by atoms with Gasteiger partial charge in [0.15, 0.2) is 9.84 Å². The molecule has 2 fully saturated rings. The Kier molecular flexibility index (Phi) is 4.88. The number of sulfonamides is 1. The molecule has 8 heteroatoms. The van der Waals surface area contributed by atoms with Crippen molar-refractivity contribution >= 4 is 19.9 Å². The van der Waals surface area contributed by atoms with E-state index in [-0.39, 0.29) is 29.0 Å². The number of ether oxygens (including phenoxy) is 1. The summed E-state index contributed by atoms with van der Waals surface area (Å²) in [6, 6.07) is 4.86. The SMILES string of the molecule is O=S1(=O)CCC(N(CC2CCCO2)S(=O)(=O)c2ccc3c(c2)CCC3)C1. The molecule has 6 nitrogen and oxygen atoms in total. The third-order valence-corrected chi connectivity index (χ3v) is 9.36. The van der Waals surface area contributed by atoms with Crippen molar-refractivity contribution in [3.05, 3.63) is 29.3 Å². The van der Waals surface area contributed by atoms with Gasteiger partial charge in [0.05, 0.1) is 22.5 Å². The summed E-state index contributed by atoms with van der Waals surface area (Å²) in [5.74, 6) is -0.0384. The zero-order valence-electron chi connectivity index (χ0n) is 14.8. The van der Waals surface area contributed by atoms with Crippen LogP contribution in [0.15, 0.2) is 23.1 Å². The van der Waals surface area contributed by atoms with Gasteiger partial charge in [-0.2, -0.15) is 4.31 Å². The third-order valence-electron chi connectivity index (χ3n) is 5.70. The maximum atomic E-state index is 13.4. The summed E-state index contributed by atoms with van der Waals surface area (Å²) in [6.45, 7) is 0.875. The lowest BCUT2D eigenvalue weighted by Crippen LogP contribution is -2.45. The molecule has 0 spiro atoms. The zero-order valence-corrected chi connectivity index (χ0v) is 16.4. The van der Waals surface area contributed by atoms with Crippen molar-refractivity contribution in [2.24, 2.45) is 0 Å². The topological polar surface area (TPSA) is 80.8 Å². The first kappa shape index (κ1) is 18.4. The normalized spacial score (nSPS) is 27.9. The number of fused-ring (bicyclic) bond motifs is 1. The van der Waals surface area contributed by atoms with E-state index < -0.39 is 25.9 Å². The first-order valence-corrected chi connectivity index (χ1v) is 12.6. The lowest BCUT2D eigenvalue weighted by atomic mass is 10.1. The molecule has 2 atom stereocenters. The van der Waals surface area contributed by atoms with E-state index in [9.17, 15) is 16.8 Å². The molecule has 0 amide bonds. The van der Waals surface area contributed by atoms with Crippen molar-refractivity contribution < 1.29 is 21.6 Å². The van der Waals surface area contributed by atoms with Gasteiger partial charge in [-0.05, 0) is 61.8 Å². The number of hydrogen-bond donors (Lipinski definition) is 0. The number of aryl methyl sites for hydroxylation is 2. The molecule has 2 unspecified atom stereocenters. The van der Waals surface area contributed by atoms with E-state index in [4.69, 9.17) is 4.74 Å². The van der Waals surface area contributed by atoms with Crippen LogP contribution in [0.25, 0.3) is 0 Å². The van der Waals surface area contributed by atoms with Gasteiger partial charge in [-0.1, -0.05) is 6.07 Å². The Bertz CT molecular complexity index is 888. The minimum atomic E-state index is -3.75. The van der Waals surface area contributed by atoms with Crippen LogP contribution in [-0.4, -0.2) is 57.9 Å². The van der Waals surface area contributed by atoms with E-state index in [2.05, 4.69) is 0 Å². The van der Waals surface area contributed by atoms with Gasteiger partial charge < -0.3 is 4.74 Å². The maximum Gasteiger partial charge on any atom is 0.243 e.